The molecule has 3 saturated carbocycles. The fourth-order valence-electron chi connectivity index (χ4n) is 8.68. The first-order valence-electron chi connectivity index (χ1n) is 14.2. The summed E-state index contributed by atoms with van der Waals surface area (Å²) >= 11 is 1.56. The zero-order valence-corrected chi connectivity index (χ0v) is 23.2. The Hall–Kier alpha value is -0.290. The fraction of sp³-hybridized carbons (Fsp3) is 0.867. The number of allylic oxidation sites excluding steroid dienone is 3. The molecule has 0 aliphatic heterocycles. The van der Waals surface area contributed by atoms with Crippen LogP contribution in [0.15, 0.2) is 23.3 Å². The molecule has 0 bridgehead atoms. The van der Waals surface area contributed by atoms with Crippen LogP contribution >= 0.6 is 11.8 Å². The molecule has 4 aliphatic carbocycles. The minimum atomic E-state index is -0.945. The molecule has 0 aromatic carbocycles. The summed E-state index contributed by atoms with van der Waals surface area (Å²) in [5.41, 5.74) is 2.37. The molecule has 0 aromatic heterocycles. The highest BCUT2D eigenvalue weighted by atomic mass is 32.2. The van der Waals surface area contributed by atoms with Crippen LogP contribution in [0.2, 0.25) is 0 Å². The molecular formula is C30H50O3S. The summed E-state index contributed by atoms with van der Waals surface area (Å²) in [5.74, 6) is 2.62. The van der Waals surface area contributed by atoms with E-state index >= 15 is 0 Å². The predicted octanol–water partition coefficient (Wildman–Crippen LogP) is 7.01. The van der Waals surface area contributed by atoms with Gasteiger partial charge in [-0.3, -0.25) is 0 Å². The van der Waals surface area contributed by atoms with E-state index in [1.54, 1.807) is 17.3 Å². The minimum absolute atomic E-state index is 0.256. The van der Waals surface area contributed by atoms with E-state index in [9.17, 15) is 15.3 Å². The van der Waals surface area contributed by atoms with Crippen LogP contribution in [0, 0.1) is 28.6 Å². The summed E-state index contributed by atoms with van der Waals surface area (Å²) in [4.78, 5) is -0.945. The number of fused-ring (bicyclic) bond motifs is 5. The van der Waals surface area contributed by atoms with Gasteiger partial charge in [-0.15, -0.1) is 11.8 Å². The van der Waals surface area contributed by atoms with Crippen LogP contribution in [-0.2, 0) is 0 Å². The van der Waals surface area contributed by atoms with Crippen molar-refractivity contribution >= 4 is 11.8 Å². The Balaban J connectivity index is 1.51. The van der Waals surface area contributed by atoms with Crippen LogP contribution in [0.25, 0.3) is 0 Å². The highest BCUT2D eigenvalue weighted by molar-refractivity contribution is 8.00. The van der Waals surface area contributed by atoms with E-state index in [-0.39, 0.29) is 5.41 Å². The minimum Gasteiger partial charge on any atom is -0.392 e. The van der Waals surface area contributed by atoms with Crippen molar-refractivity contribution in [2.75, 3.05) is 5.75 Å². The fourth-order valence-corrected chi connectivity index (χ4v) is 10.1. The van der Waals surface area contributed by atoms with Crippen molar-refractivity contribution in [3.05, 3.63) is 23.3 Å². The molecular weight excluding hydrogens is 440 g/mol. The second-order valence-electron chi connectivity index (χ2n) is 12.6. The molecule has 34 heavy (non-hydrogen) atoms. The molecule has 0 aromatic rings. The summed E-state index contributed by atoms with van der Waals surface area (Å²) in [6, 6.07) is 0. The van der Waals surface area contributed by atoms with Crippen LogP contribution in [0.4, 0.5) is 0 Å². The van der Waals surface area contributed by atoms with Crippen molar-refractivity contribution < 1.29 is 15.3 Å². The number of aliphatic hydroxyl groups is 3. The molecule has 4 rings (SSSR count). The zero-order chi connectivity index (χ0) is 24.8. The smallest absolute Gasteiger partial charge is 0.116 e. The predicted molar refractivity (Wildman–Crippen MR) is 144 cm³/mol. The molecule has 0 amide bonds. The molecule has 0 unspecified atom stereocenters. The Bertz CT molecular complexity index is 799. The van der Waals surface area contributed by atoms with Crippen molar-refractivity contribution in [2.45, 2.75) is 128 Å². The zero-order valence-electron chi connectivity index (χ0n) is 22.4. The van der Waals surface area contributed by atoms with E-state index in [2.05, 4.69) is 46.8 Å². The monoisotopic (exact) mass is 490 g/mol. The lowest BCUT2D eigenvalue weighted by molar-refractivity contribution is -0.0629. The lowest BCUT2D eigenvalue weighted by atomic mass is 9.49. The van der Waals surface area contributed by atoms with Gasteiger partial charge in [0.25, 0.3) is 0 Å². The number of rotatable bonds is 9. The van der Waals surface area contributed by atoms with Crippen LogP contribution in [0.1, 0.15) is 112 Å². The summed E-state index contributed by atoms with van der Waals surface area (Å²) in [7, 11) is 0. The maximum atomic E-state index is 11.6. The van der Waals surface area contributed by atoms with Crippen LogP contribution in [0.3, 0.4) is 0 Å². The van der Waals surface area contributed by atoms with Gasteiger partial charge in [0, 0.05) is 18.3 Å². The standard InChI is InChI=1S/C30H50O3S/c1-6-14-29(32,15-7-2)17-18-34-30(33)19-22-9-11-23-24-12-10-21(8-3)27(24,4)16-13-25(23)28(22,5)26(31)20-30/h9,11,21,24-26,31-33H,6-8,10,12-20H2,1-5H3/t21-,24-,25+,26-,27+,28-,30-/m0/s1. The average Bonchev–Trinajstić information content (AvgIpc) is 3.11. The lowest BCUT2D eigenvalue weighted by Crippen LogP contribution is -2.54. The maximum absolute atomic E-state index is 11.6. The molecule has 0 saturated heterocycles. The second-order valence-corrected chi connectivity index (χ2v) is 14.1. The van der Waals surface area contributed by atoms with Gasteiger partial charge in [0.2, 0.25) is 0 Å². The van der Waals surface area contributed by atoms with E-state index in [1.807, 2.05) is 0 Å². The van der Waals surface area contributed by atoms with Crippen LogP contribution in [0.5, 0.6) is 0 Å². The van der Waals surface area contributed by atoms with E-state index in [0.717, 1.165) is 43.8 Å². The number of aliphatic hydroxyl groups excluding tert-OH is 1. The van der Waals surface area contributed by atoms with Gasteiger partial charge in [-0.25, -0.2) is 0 Å². The first kappa shape index (κ1) is 26.8. The average molecular weight is 491 g/mol. The molecule has 0 radical (unpaired) electrons. The van der Waals surface area contributed by atoms with Crippen molar-refractivity contribution in [2.24, 2.45) is 28.6 Å². The molecule has 7 atom stereocenters. The first-order valence-corrected chi connectivity index (χ1v) is 15.2. The highest BCUT2D eigenvalue weighted by Crippen LogP contribution is 2.66. The number of hydrogen-bond donors (Lipinski definition) is 3. The molecule has 4 heteroatoms. The second kappa shape index (κ2) is 9.88. The SMILES string of the molecule is CCCC(O)(CCC)CCS[C@@]1(O)CC2=CC=C3[C@@H](CC[C@]4(C)[C@@H](CC)CC[C@@H]34)[C@@]2(C)[C@@H](O)C1. The van der Waals surface area contributed by atoms with E-state index < -0.39 is 16.6 Å². The normalized spacial score (nSPS) is 41.9. The third kappa shape index (κ3) is 4.48. The summed E-state index contributed by atoms with van der Waals surface area (Å²) < 4.78 is 0. The summed E-state index contributed by atoms with van der Waals surface area (Å²) in [5, 5.41) is 34.1. The topological polar surface area (TPSA) is 60.7 Å². The van der Waals surface area contributed by atoms with Gasteiger partial charge in [-0.05, 0) is 73.9 Å². The highest BCUT2D eigenvalue weighted by Gasteiger charge is 2.59. The van der Waals surface area contributed by atoms with Crippen molar-refractivity contribution in [1.82, 2.24) is 0 Å². The van der Waals surface area contributed by atoms with Gasteiger partial charge >= 0.3 is 0 Å². The molecule has 3 nitrogen and oxygen atoms in total. The third-order valence-corrected chi connectivity index (χ3v) is 12.0. The van der Waals surface area contributed by atoms with Gasteiger partial charge < -0.3 is 15.3 Å². The van der Waals surface area contributed by atoms with Gasteiger partial charge in [-0.1, -0.05) is 77.2 Å². The lowest BCUT2D eigenvalue weighted by Gasteiger charge is -2.57. The van der Waals surface area contributed by atoms with E-state index in [0.29, 0.717) is 36.5 Å². The van der Waals surface area contributed by atoms with Crippen molar-refractivity contribution in [1.29, 1.82) is 0 Å². The summed E-state index contributed by atoms with van der Waals surface area (Å²) in [6.07, 6.45) is 15.8. The van der Waals surface area contributed by atoms with Gasteiger partial charge in [0.05, 0.1) is 11.7 Å². The first-order chi connectivity index (χ1) is 16.0. The molecule has 194 valence electrons. The Morgan fingerprint density at radius 1 is 1.00 bits per heavy atom. The van der Waals surface area contributed by atoms with Crippen LogP contribution in [-0.4, -0.2) is 37.7 Å². The number of hydrogen-bond acceptors (Lipinski definition) is 4. The van der Waals surface area contributed by atoms with E-state index in [4.69, 9.17) is 0 Å². The van der Waals surface area contributed by atoms with Crippen molar-refractivity contribution in [3.8, 4) is 0 Å². The molecule has 3 N–H and O–H groups in total. The maximum Gasteiger partial charge on any atom is 0.116 e. The largest absolute Gasteiger partial charge is 0.392 e. The third-order valence-electron chi connectivity index (χ3n) is 10.7. The van der Waals surface area contributed by atoms with Gasteiger partial charge in [0.1, 0.15) is 4.93 Å². The summed E-state index contributed by atoms with van der Waals surface area (Å²) in [6.45, 7) is 11.4. The van der Waals surface area contributed by atoms with Gasteiger partial charge in [-0.2, -0.15) is 0 Å². The molecule has 0 spiro atoms. The van der Waals surface area contributed by atoms with Crippen LogP contribution < -0.4 is 0 Å². The molecule has 3 fully saturated rings. The molecule has 0 heterocycles. The Morgan fingerprint density at radius 3 is 2.35 bits per heavy atom. The molecule has 4 aliphatic rings. The quantitative estimate of drug-likeness (QED) is 0.304. The van der Waals surface area contributed by atoms with E-state index in [1.165, 1.54) is 31.3 Å². The number of thioether (sulfide) groups is 1. The Labute approximate surface area is 212 Å². The van der Waals surface area contributed by atoms with Crippen molar-refractivity contribution in [3.63, 3.8) is 0 Å². The Kier molecular flexibility index (Phi) is 7.77. The Morgan fingerprint density at radius 2 is 1.71 bits per heavy atom. The van der Waals surface area contributed by atoms with Gasteiger partial charge in [0.15, 0.2) is 0 Å².